The Balaban J connectivity index is 0.000000197. The maximum absolute atomic E-state index is 2.24. The molecule has 6 aromatic rings. The predicted molar refractivity (Wildman–Crippen MR) is 154 cm³/mol. The van der Waals surface area contributed by atoms with Crippen molar-refractivity contribution in [3.63, 3.8) is 0 Å². The Morgan fingerprint density at radius 3 is 1.21 bits per heavy atom. The molecule has 0 N–H and O–H groups in total. The number of benzene rings is 4. The van der Waals surface area contributed by atoms with Crippen molar-refractivity contribution in [3.05, 3.63) is 155 Å². The van der Waals surface area contributed by atoms with Crippen LogP contribution < -0.4 is 24.8 Å². The van der Waals surface area contributed by atoms with Crippen LogP contribution in [0, 0.1) is 27.7 Å². The minimum atomic E-state index is 0. The first-order valence-corrected chi connectivity index (χ1v) is 13.1. The second-order valence-electron chi connectivity index (χ2n) is 9.33. The Bertz CT molecular complexity index is 1460. The first-order valence-electron chi connectivity index (χ1n) is 12.4. The summed E-state index contributed by atoms with van der Waals surface area (Å²) in [6.07, 6.45) is 0. The second-order valence-corrected chi connectivity index (χ2v) is 10.1. The van der Waals surface area contributed by atoms with E-state index < -0.39 is 0 Å². The van der Waals surface area contributed by atoms with Crippen LogP contribution in [0.3, 0.4) is 0 Å². The first-order chi connectivity index (χ1) is 17.4. The zero-order valence-corrected chi connectivity index (χ0v) is 25.4. The number of fused-ring (bicyclic) bond motifs is 2. The molecule has 192 valence electrons. The molecule has 0 aliphatic rings. The third-order valence-corrected chi connectivity index (χ3v) is 7.25. The molecule has 6 aromatic carbocycles. The molecule has 6 rings (SSSR count). The molecule has 0 aromatic heterocycles. The van der Waals surface area contributed by atoms with Crippen molar-refractivity contribution in [2.75, 3.05) is 0 Å². The molecule has 0 nitrogen and oxygen atoms in total. The quantitative estimate of drug-likeness (QED) is 0.222. The van der Waals surface area contributed by atoms with Crippen LogP contribution in [0.1, 0.15) is 33.4 Å². The van der Waals surface area contributed by atoms with Gasteiger partial charge in [0.2, 0.25) is 0 Å². The van der Waals surface area contributed by atoms with Crippen molar-refractivity contribution in [2.45, 2.75) is 27.7 Å². The van der Waals surface area contributed by atoms with Crippen LogP contribution in [0.25, 0.3) is 21.5 Å². The first kappa shape index (κ1) is 31.5. The van der Waals surface area contributed by atoms with Crippen LogP contribution in [-0.2, 0) is 20.0 Å². The van der Waals surface area contributed by atoms with Gasteiger partial charge in [0, 0.05) is 0 Å². The number of rotatable bonds is 2. The van der Waals surface area contributed by atoms with Crippen molar-refractivity contribution in [1.82, 2.24) is 0 Å². The van der Waals surface area contributed by atoms with Crippen molar-refractivity contribution in [3.8, 4) is 0 Å². The van der Waals surface area contributed by atoms with E-state index in [0.29, 0.717) is 0 Å². The summed E-state index contributed by atoms with van der Waals surface area (Å²) in [6.45, 7) is 8.59. The summed E-state index contributed by atoms with van der Waals surface area (Å²) in [7, 11) is 0. The molecule has 0 saturated heterocycles. The fourth-order valence-electron chi connectivity index (χ4n) is 4.46. The molecular weight excluding hydrogens is 539 g/mol. The van der Waals surface area contributed by atoms with Gasteiger partial charge >= 0.3 is 95.6 Å². The molecule has 0 bridgehead atoms. The maximum atomic E-state index is 2.24. The number of hydrogen-bond acceptors (Lipinski definition) is 0. The van der Waals surface area contributed by atoms with Crippen molar-refractivity contribution < 1.29 is 44.8 Å². The Morgan fingerprint density at radius 1 is 0.500 bits per heavy atom. The molecule has 0 amide bonds. The molecule has 38 heavy (non-hydrogen) atoms. The molecule has 0 unspecified atom stereocenters. The van der Waals surface area contributed by atoms with E-state index in [1.54, 1.807) is 0 Å². The van der Waals surface area contributed by atoms with Gasteiger partial charge in [0.15, 0.2) is 0 Å². The Morgan fingerprint density at radius 2 is 0.868 bits per heavy atom. The molecule has 0 fully saturated rings. The van der Waals surface area contributed by atoms with Gasteiger partial charge < -0.3 is 24.8 Å². The van der Waals surface area contributed by atoms with Gasteiger partial charge in [-0.25, -0.2) is 0 Å². The van der Waals surface area contributed by atoms with E-state index in [0.717, 1.165) is 0 Å². The van der Waals surface area contributed by atoms with E-state index in [2.05, 4.69) is 157 Å². The summed E-state index contributed by atoms with van der Waals surface area (Å²) >= 11 is 2.16. The van der Waals surface area contributed by atoms with Crippen LogP contribution in [-0.4, -0.2) is 3.81 Å². The summed E-state index contributed by atoms with van der Waals surface area (Å²) in [4.78, 5) is 0. The number of halogens is 2. The monoisotopic (exact) mass is 570 g/mol. The fraction of sp³-hybridized carbons (Fsp3) is 0.114. The predicted octanol–water partition coefficient (Wildman–Crippen LogP) is 3.16. The average Bonchev–Trinajstić information content (AvgIpc) is 3.48. The standard InChI is InChI=1S/C13H10.2C11H11.2ClH.Ti/c1-3-7-12(8-4-1)11-13-9-5-2-6-10-13;2*1-8-6-10-5-3-4-9(2)11(10)7-8;;;/h1-10H;2*3-7H,1-2H3;2*1H;/q;2*-1;;;+2/p-2. The molecule has 0 spiro atoms. The van der Waals surface area contributed by atoms with Gasteiger partial charge in [-0.2, -0.15) is 12.1 Å². The fourth-order valence-corrected chi connectivity index (χ4v) is 4.98. The van der Waals surface area contributed by atoms with Gasteiger partial charge in [-0.15, -0.1) is 69.1 Å². The van der Waals surface area contributed by atoms with E-state index in [1.807, 2.05) is 12.1 Å². The van der Waals surface area contributed by atoms with Gasteiger partial charge in [-0.05, 0) is 13.8 Å². The van der Waals surface area contributed by atoms with Gasteiger partial charge in [0.1, 0.15) is 0 Å². The third kappa shape index (κ3) is 8.13. The second kappa shape index (κ2) is 15.0. The third-order valence-electron chi connectivity index (χ3n) is 6.35. The Hall–Kier alpha value is -2.74. The van der Waals surface area contributed by atoms with E-state index in [1.165, 1.54) is 58.7 Å². The minimum absolute atomic E-state index is 0. The molecular formula is C35H32Cl2Ti-2. The van der Waals surface area contributed by atoms with Gasteiger partial charge in [0.05, 0.1) is 0 Å². The Labute approximate surface area is 251 Å². The average molecular weight is 571 g/mol. The zero-order chi connectivity index (χ0) is 25.5. The van der Waals surface area contributed by atoms with E-state index in [4.69, 9.17) is 0 Å². The van der Waals surface area contributed by atoms with Crippen LogP contribution in [0.4, 0.5) is 0 Å². The summed E-state index contributed by atoms with van der Waals surface area (Å²) in [6, 6.07) is 42.7. The Kier molecular flexibility index (Phi) is 12.4. The van der Waals surface area contributed by atoms with Crippen molar-refractivity contribution in [1.29, 1.82) is 0 Å². The SMILES string of the molecule is Cc1cc2c(C)cccc2[cH-]1.Cc1cc2c(C)cccc2[cH-]1.[Cl-].[Cl-].[Ti+2]=[C](c1ccccc1)c1ccccc1. The van der Waals surface area contributed by atoms with E-state index >= 15 is 0 Å². The number of aryl methyl sites for hydroxylation is 4. The molecule has 0 aliphatic heterocycles. The molecule has 0 saturated carbocycles. The normalized spacial score (nSPS) is 9.84. The topological polar surface area (TPSA) is 0 Å². The van der Waals surface area contributed by atoms with Crippen molar-refractivity contribution >= 4 is 25.4 Å². The molecule has 3 heteroatoms. The summed E-state index contributed by atoms with van der Waals surface area (Å²) < 4.78 is 1.33. The van der Waals surface area contributed by atoms with E-state index in [9.17, 15) is 0 Å². The van der Waals surface area contributed by atoms with Crippen LogP contribution in [0.15, 0.2) is 121 Å². The van der Waals surface area contributed by atoms with Crippen LogP contribution in [0.2, 0.25) is 0 Å². The summed E-state index contributed by atoms with van der Waals surface area (Å²) in [5, 5.41) is 5.51. The van der Waals surface area contributed by atoms with E-state index in [-0.39, 0.29) is 24.8 Å². The van der Waals surface area contributed by atoms with Crippen LogP contribution in [0.5, 0.6) is 0 Å². The van der Waals surface area contributed by atoms with Crippen LogP contribution >= 0.6 is 0 Å². The molecule has 0 aliphatic carbocycles. The molecule has 0 heterocycles. The van der Waals surface area contributed by atoms with Gasteiger partial charge in [-0.3, -0.25) is 0 Å². The van der Waals surface area contributed by atoms with Gasteiger partial charge in [-0.1, -0.05) is 37.1 Å². The van der Waals surface area contributed by atoms with Gasteiger partial charge in [0.25, 0.3) is 0 Å². The molecule has 0 radical (unpaired) electrons. The summed E-state index contributed by atoms with van der Waals surface area (Å²) in [5.74, 6) is 0. The number of hydrogen-bond donors (Lipinski definition) is 0. The zero-order valence-electron chi connectivity index (χ0n) is 22.3. The molecule has 0 atom stereocenters. The van der Waals surface area contributed by atoms with Crippen molar-refractivity contribution in [2.24, 2.45) is 0 Å². The summed E-state index contributed by atoms with van der Waals surface area (Å²) in [5.41, 5.74) is 8.03.